The first-order valence-corrected chi connectivity index (χ1v) is 6.06. The third-order valence-corrected chi connectivity index (χ3v) is 2.62. The second-order valence-electron chi connectivity index (χ2n) is 4.29. The minimum Gasteiger partial charge on any atom is -0.478 e. The highest BCUT2D eigenvalue weighted by Gasteiger charge is 2.15. The minimum atomic E-state index is -1.07. The summed E-state index contributed by atoms with van der Waals surface area (Å²) >= 11 is 0. The van der Waals surface area contributed by atoms with Gasteiger partial charge in [0, 0.05) is 19.3 Å². The molecule has 1 rings (SSSR count). The SMILES string of the molecule is CCCNC(=O)CN(C)c1ccc(N)cc1C(=O)O. The smallest absolute Gasteiger partial charge is 0.337 e. The van der Waals surface area contributed by atoms with Gasteiger partial charge in [0.15, 0.2) is 0 Å². The number of benzene rings is 1. The molecule has 4 N–H and O–H groups in total. The van der Waals surface area contributed by atoms with E-state index >= 15 is 0 Å². The van der Waals surface area contributed by atoms with E-state index < -0.39 is 5.97 Å². The summed E-state index contributed by atoms with van der Waals surface area (Å²) in [4.78, 5) is 24.4. The largest absolute Gasteiger partial charge is 0.478 e. The number of amides is 1. The lowest BCUT2D eigenvalue weighted by atomic mass is 10.1. The Balaban J connectivity index is 2.84. The molecule has 0 atom stereocenters. The minimum absolute atomic E-state index is 0.0887. The first-order valence-electron chi connectivity index (χ1n) is 6.06. The molecule has 1 amide bonds. The maximum atomic E-state index is 11.6. The van der Waals surface area contributed by atoms with E-state index in [1.165, 1.54) is 6.07 Å². The zero-order chi connectivity index (χ0) is 14.4. The van der Waals surface area contributed by atoms with Crippen LogP contribution in [0.15, 0.2) is 18.2 Å². The van der Waals surface area contributed by atoms with Crippen LogP contribution in [0.25, 0.3) is 0 Å². The quantitative estimate of drug-likeness (QED) is 0.665. The van der Waals surface area contributed by atoms with Gasteiger partial charge in [-0.3, -0.25) is 4.79 Å². The number of carbonyl (C=O) groups excluding carboxylic acids is 1. The molecule has 6 nitrogen and oxygen atoms in total. The van der Waals surface area contributed by atoms with Crippen LogP contribution in [0.3, 0.4) is 0 Å². The zero-order valence-corrected chi connectivity index (χ0v) is 11.1. The Morgan fingerprint density at radius 3 is 2.68 bits per heavy atom. The molecule has 19 heavy (non-hydrogen) atoms. The Kier molecular flexibility index (Phi) is 5.17. The Bertz CT molecular complexity index is 474. The van der Waals surface area contributed by atoms with Crippen molar-refractivity contribution < 1.29 is 14.7 Å². The molecule has 104 valence electrons. The topological polar surface area (TPSA) is 95.7 Å². The summed E-state index contributed by atoms with van der Waals surface area (Å²) < 4.78 is 0. The molecule has 0 aliphatic heterocycles. The van der Waals surface area contributed by atoms with Gasteiger partial charge >= 0.3 is 5.97 Å². The van der Waals surface area contributed by atoms with Gasteiger partial charge in [-0.2, -0.15) is 0 Å². The van der Waals surface area contributed by atoms with Gasteiger partial charge in [-0.25, -0.2) is 4.79 Å². The van der Waals surface area contributed by atoms with E-state index in [9.17, 15) is 9.59 Å². The third kappa shape index (κ3) is 4.17. The number of rotatable bonds is 6. The van der Waals surface area contributed by atoms with E-state index in [4.69, 9.17) is 10.8 Å². The van der Waals surface area contributed by atoms with Crippen LogP contribution < -0.4 is 16.0 Å². The Morgan fingerprint density at radius 1 is 1.42 bits per heavy atom. The van der Waals surface area contributed by atoms with E-state index in [1.807, 2.05) is 6.92 Å². The number of hydrogen-bond donors (Lipinski definition) is 3. The molecular weight excluding hydrogens is 246 g/mol. The molecule has 6 heteroatoms. The zero-order valence-electron chi connectivity index (χ0n) is 11.1. The van der Waals surface area contributed by atoms with Gasteiger partial charge in [-0.15, -0.1) is 0 Å². The number of nitrogens with two attached hydrogens (primary N) is 1. The lowest BCUT2D eigenvalue weighted by Crippen LogP contribution is -2.36. The van der Waals surface area contributed by atoms with Crippen molar-refractivity contribution in [2.75, 3.05) is 30.8 Å². The monoisotopic (exact) mass is 265 g/mol. The number of nitrogen functional groups attached to an aromatic ring is 1. The summed E-state index contributed by atoms with van der Waals surface area (Å²) in [6.45, 7) is 2.68. The number of anilines is 2. The van der Waals surface area contributed by atoms with Gasteiger partial charge < -0.3 is 21.1 Å². The molecule has 0 aliphatic carbocycles. The molecule has 0 radical (unpaired) electrons. The van der Waals surface area contributed by atoms with Crippen LogP contribution >= 0.6 is 0 Å². The molecule has 0 unspecified atom stereocenters. The molecule has 0 aliphatic rings. The van der Waals surface area contributed by atoms with Crippen LogP contribution in [0.1, 0.15) is 23.7 Å². The predicted octanol–water partition coefficient (Wildman–Crippen LogP) is 0.929. The maximum absolute atomic E-state index is 11.6. The summed E-state index contributed by atoms with van der Waals surface area (Å²) in [7, 11) is 1.67. The second-order valence-corrected chi connectivity index (χ2v) is 4.29. The van der Waals surface area contributed by atoms with Gasteiger partial charge in [0.1, 0.15) is 0 Å². The summed E-state index contributed by atoms with van der Waals surface area (Å²) in [5.74, 6) is -1.21. The lowest BCUT2D eigenvalue weighted by Gasteiger charge is -2.21. The van der Waals surface area contributed by atoms with E-state index in [-0.39, 0.29) is 18.0 Å². The van der Waals surface area contributed by atoms with Crippen molar-refractivity contribution in [3.05, 3.63) is 23.8 Å². The molecule has 0 aromatic heterocycles. The number of likely N-dealkylation sites (N-methyl/N-ethyl adjacent to an activating group) is 1. The summed E-state index contributed by atoms with van der Waals surface area (Å²) in [5.41, 5.74) is 6.51. The molecule has 1 aromatic rings. The third-order valence-electron chi connectivity index (χ3n) is 2.62. The van der Waals surface area contributed by atoms with E-state index in [2.05, 4.69) is 5.32 Å². The Labute approximate surface area is 112 Å². The molecular formula is C13H19N3O3. The number of carboxylic acid groups (broad SMARTS) is 1. The van der Waals surface area contributed by atoms with Crippen molar-refractivity contribution >= 4 is 23.3 Å². The first-order chi connectivity index (χ1) is 8.95. The van der Waals surface area contributed by atoms with E-state index in [0.29, 0.717) is 17.9 Å². The van der Waals surface area contributed by atoms with Gasteiger partial charge in [-0.05, 0) is 24.6 Å². The van der Waals surface area contributed by atoms with Crippen molar-refractivity contribution in [3.8, 4) is 0 Å². The average molecular weight is 265 g/mol. The second kappa shape index (κ2) is 6.63. The van der Waals surface area contributed by atoms with E-state index in [0.717, 1.165) is 6.42 Å². The van der Waals surface area contributed by atoms with Crippen LogP contribution in [-0.2, 0) is 4.79 Å². The fourth-order valence-electron chi connectivity index (χ4n) is 1.68. The van der Waals surface area contributed by atoms with Crippen LogP contribution in [0, 0.1) is 0 Å². The van der Waals surface area contributed by atoms with Gasteiger partial charge in [0.25, 0.3) is 0 Å². The average Bonchev–Trinajstić information content (AvgIpc) is 2.35. The van der Waals surface area contributed by atoms with Crippen molar-refractivity contribution in [2.24, 2.45) is 0 Å². The van der Waals surface area contributed by atoms with Crippen LogP contribution in [0.5, 0.6) is 0 Å². The van der Waals surface area contributed by atoms with Crippen LogP contribution in [0.4, 0.5) is 11.4 Å². The first kappa shape index (κ1) is 14.8. The Hall–Kier alpha value is -2.24. The molecule has 0 bridgehead atoms. The highest BCUT2D eigenvalue weighted by atomic mass is 16.4. The standard InChI is InChI=1S/C13H19N3O3/c1-3-6-15-12(17)8-16(2)11-5-4-9(14)7-10(11)13(18)19/h4-5,7H,3,6,8,14H2,1-2H3,(H,15,17)(H,18,19). The van der Waals surface area contributed by atoms with Crippen LogP contribution in [-0.4, -0.2) is 37.1 Å². The summed E-state index contributed by atoms with van der Waals surface area (Å²) in [6.07, 6.45) is 0.859. The van der Waals surface area contributed by atoms with Crippen molar-refractivity contribution in [3.63, 3.8) is 0 Å². The van der Waals surface area contributed by atoms with Gasteiger partial charge in [-0.1, -0.05) is 6.92 Å². The summed E-state index contributed by atoms with van der Waals surface area (Å²) in [6, 6.07) is 4.60. The summed E-state index contributed by atoms with van der Waals surface area (Å²) in [5, 5.41) is 11.9. The Morgan fingerprint density at radius 2 is 2.11 bits per heavy atom. The number of aromatic carboxylic acids is 1. The molecule has 0 heterocycles. The normalized spacial score (nSPS) is 10.0. The maximum Gasteiger partial charge on any atom is 0.337 e. The number of nitrogens with one attached hydrogen (secondary N) is 1. The highest BCUT2D eigenvalue weighted by molar-refractivity contribution is 5.96. The van der Waals surface area contributed by atoms with E-state index in [1.54, 1.807) is 24.1 Å². The molecule has 0 fully saturated rings. The fraction of sp³-hybridized carbons (Fsp3) is 0.385. The lowest BCUT2D eigenvalue weighted by molar-refractivity contribution is -0.119. The van der Waals surface area contributed by atoms with Crippen molar-refractivity contribution in [1.29, 1.82) is 0 Å². The van der Waals surface area contributed by atoms with Crippen LogP contribution in [0.2, 0.25) is 0 Å². The van der Waals surface area contributed by atoms with Crippen molar-refractivity contribution in [1.82, 2.24) is 5.32 Å². The molecule has 0 saturated heterocycles. The predicted molar refractivity (Wildman–Crippen MR) is 74.4 cm³/mol. The number of carboxylic acids is 1. The number of nitrogens with zero attached hydrogens (tertiary/aromatic N) is 1. The highest BCUT2D eigenvalue weighted by Crippen LogP contribution is 2.22. The van der Waals surface area contributed by atoms with Gasteiger partial charge in [0.2, 0.25) is 5.91 Å². The van der Waals surface area contributed by atoms with Gasteiger partial charge in [0.05, 0.1) is 17.8 Å². The number of hydrogen-bond acceptors (Lipinski definition) is 4. The van der Waals surface area contributed by atoms with Crippen molar-refractivity contribution in [2.45, 2.75) is 13.3 Å². The fourth-order valence-corrected chi connectivity index (χ4v) is 1.68. The molecule has 0 spiro atoms. The molecule has 1 aromatic carbocycles. The molecule has 0 saturated carbocycles. The number of carbonyl (C=O) groups is 2.